The number of nitro benzene ring substituents is 1. The number of carbonyl (C=O) groups is 1. The van der Waals surface area contributed by atoms with Crippen molar-refractivity contribution >= 4 is 55.0 Å². The van der Waals surface area contributed by atoms with Gasteiger partial charge in [0, 0.05) is 41.9 Å². The smallest absolute Gasteiger partial charge is 0.270 e. The Morgan fingerprint density at radius 1 is 1.30 bits per heavy atom. The number of amides is 1. The van der Waals surface area contributed by atoms with E-state index in [0.29, 0.717) is 5.69 Å². The van der Waals surface area contributed by atoms with Gasteiger partial charge in [-0.3, -0.25) is 14.9 Å². The summed E-state index contributed by atoms with van der Waals surface area (Å²) >= 11 is 3.54. The summed E-state index contributed by atoms with van der Waals surface area (Å²) in [7, 11) is 0. The maximum absolute atomic E-state index is 11.3. The molecule has 2 aromatic carbocycles. The Bertz CT molecular complexity index is 962. The number of carbonyl (C=O) groups excluding carboxylic acids is 1. The zero-order valence-electron chi connectivity index (χ0n) is 12.6. The summed E-state index contributed by atoms with van der Waals surface area (Å²) < 4.78 is 2.82. The molecular formula is C16H14BrN3O3. The third kappa shape index (κ3) is 2.46. The van der Waals surface area contributed by atoms with Gasteiger partial charge >= 0.3 is 0 Å². The molecule has 0 radical (unpaired) electrons. The lowest BCUT2D eigenvalue weighted by Gasteiger charge is -2.07. The summed E-state index contributed by atoms with van der Waals surface area (Å²) in [5.74, 6) is -0.171. The monoisotopic (exact) mass is 375 g/mol. The van der Waals surface area contributed by atoms with Gasteiger partial charge in [0.05, 0.1) is 20.6 Å². The van der Waals surface area contributed by atoms with Crippen molar-refractivity contribution in [2.45, 2.75) is 20.4 Å². The van der Waals surface area contributed by atoms with Crippen molar-refractivity contribution in [2.75, 3.05) is 5.32 Å². The Balaban J connectivity index is 2.42. The van der Waals surface area contributed by atoms with Crippen LogP contribution in [-0.2, 0) is 11.3 Å². The highest BCUT2D eigenvalue weighted by Crippen LogP contribution is 2.39. The highest BCUT2D eigenvalue weighted by atomic mass is 79.9. The molecule has 3 rings (SSSR count). The largest absolute Gasteiger partial charge is 0.341 e. The van der Waals surface area contributed by atoms with E-state index in [0.717, 1.165) is 32.8 Å². The van der Waals surface area contributed by atoms with Crippen LogP contribution < -0.4 is 5.32 Å². The van der Waals surface area contributed by atoms with E-state index in [-0.39, 0.29) is 11.6 Å². The van der Waals surface area contributed by atoms with E-state index in [2.05, 4.69) is 25.8 Å². The van der Waals surface area contributed by atoms with Gasteiger partial charge in [-0.1, -0.05) is 0 Å². The average Bonchev–Trinajstić information content (AvgIpc) is 2.82. The van der Waals surface area contributed by atoms with Crippen molar-refractivity contribution in [1.29, 1.82) is 0 Å². The van der Waals surface area contributed by atoms with Gasteiger partial charge in [-0.25, -0.2) is 0 Å². The Morgan fingerprint density at radius 2 is 2.00 bits per heavy atom. The van der Waals surface area contributed by atoms with Gasteiger partial charge in [-0.05, 0) is 41.1 Å². The molecule has 0 spiro atoms. The summed E-state index contributed by atoms with van der Waals surface area (Å²) in [6, 6.07) is 8.59. The maximum Gasteiger partial charge on any atom is 0.270 e. The van der Waals surface area contributed by atoms with E-state index in [4.69, 9.17) is 0 Å². The van der Waals surface area contributed by atoms with Crippen LogP contribution in [0.15, 0.2) is 34.8 Å². The van der Waals surface area contributed by atoms with Crippen LogP contribution in [0.5, 0.6) is 0 Å². The van der Waals surface area contributed by atoms with Gasteiger partial charge in [0.25, 0.3) is 5.69 Å². The summed E-state index contributed by atoms with van der Waals surface area (Å²) in [4.78, 5) is 22.0. The summed E-state index contributed by atoms with van der Waals surface area (Å²) in [5.41, 5.74) is 2.58. The van der Waals surface area contributed by atoms with Crippen LogP contribution in [0.2, 0.25) is 0 Å². The number of nitrogens with one attached hydrogen (secondary N) is 1. The molecule has 23 heavy (non-hydrogen) atoms. The van der Waals surface area contributed by atoms with E-state index in [9.17, 15) is 14.9 Å². The topological polar surface area (TPSA) is 77.2 Å². The number of hydrogen-bond acceptors (Lipinski definition) is 3. The molecule has 0 fully saturated rings. The van der Waals surface area contributed by atoms with E-state index in [1.54, 1.807) is 12.1 Å². The number of aryl methyl sites for hydroxylation is 1. The Labute approximate surface area is 140 Å². The van der Waals surface area contributed by atoms with Gasteiger partial charge in [0.2, 0.25) is 5.91 Å². The fourth-order valence-electron chi connectivity index (χ4n) is 2.88. The third-order valence-corrected chi connectivity index (χ3v) is 4.61. The number of hydrogen-bond donors (Lipinski definition) is 1. The molecule has 0 aliphatic carbocycles. The summed E-state index contributed by atoms with van der Waals surface area (Å²) in [5, 5.41) is 15.5. The molecule has 0 unspecified atom stereocenters. The molecule has 0 saturated carbocycles. The maximum atomic E-state index is 11.3. The fraction of sp³-hybridized carbons (Fsp3) is 0.188. The van der Waals surface area contributed by atoms with Gasteiger partial charge < -0.3 is 9.88 Å². The predicted octanol–water partition coefficient (Wildman–Crippen LogP) is 4.44. The molecule has 1 N–H and O–H groups in total. The lowest BCUT2D eigenvalue weighted by molar-refractivity contribution is -0.384. The number of halogens is 1. The second-order valence-corrected chi connectivity index (χ2v) is 6.00. The number of aromatic nitrogens is 1. The van der Waals surface area contributed by atoms with Crippen LogP contribution in [0.4, 0.5) is 11.4 Å². The van der Waals surface area contributed by atoms with Gasteiger partial charge in [0.1, 0.15) is 0 Å². The summed E-state index contributed by atoms with van der Waals surface area (Å²) in [6.45, 7) is 4.20. The highest BCUT2D eigenvalue weighted by Gasteiger charge is 2.18. The second kappa shape index (κ2) is 5.66. The molecule has 0 aliphatic heterocycles. The van der Waals surface area contributed by atoms with Gasteiger partial charge in [0.15, 0.2) is 0 Å². The molecular weight excluding hydrogens is 362 g/mol. The molecule has 118 valence electrons. The van der Waals surface area contributed by atoms with Crippen molar-refractivity contribution in [2.24, 2.45) is 0 Å². The van der Waals surface area contributed by atoms with Crippen molar-refractivity contribution in [3.63, 3.8) is 0 Å². The van der Waals surface area contributed by atoms with Crippen LogP contribution in [0.25, 0.3) is 21.8 Å². The first kappa shape index (κ1) is 15.5. The van der Waals surface area contributed by atoms with E-state index < -0.39 is 4.92 Å². The van der Waals surface area contributed by atoms with Crippen molar-refractivity contribution < 1.29 is 9.72 Å². The number of anilines is 1. The first-order valence-corrected chi connectivity index (χ1v) is 7.89. The quantitative estimate of drug-likeness (QED) is 0.542. The zero-order chi connectivity index (χ0) is 16.7. The minimum Gasteiger partial charge on any atom is -0.341 e. The van der Waals surface area contributed by atoms with E-state index in [1.807, 2.05) is 19.1 Å². The molecule has 1 aromatic heterocycles. The van der Waals surface area contributed by atoms with Gasteiger partial charge in [-0.2, -0.15) is 0 Å². The number of fused-ring (bicyclic) bond motifs is 3. The van der Waals surface area contributed by atoms with E-state index in [1.165, 1.54) is 13.0 Å². The van der Waals surface area contributed by atoms with Crippen LogP contribution >= 0.6 is 15.9 Å². The molecule has 6 nitrogen and oxygen atoms in total. The number of nitro groups is 1. The Kier molecular flexibility index (Phi) is 3.81. The lowest BCUT2D eigenvalue weighted by Crippen LogP contribution is -2.06. The number of non-ortho nitro benzene ring substituents is 1. The number of benzene rings is 2. The SMILES string of the molecule is CCn1c2ccc([N+](=O)[O-])cc2c2c(Br)c(NC(C)=O)ccc21. The number of nitrogens with zero attached hydrogens (tertiary/aromatic N) is 2. The molecule has 1 amide bonds. The summed E-state index contributed by atoms with van der Waals surface area (Å²) in [6.07, 6.45) is 0. The standard InChI is InChI=1S/C16H14BrN3O3/c1-3-19-13-6-4-10(20(22)23)8-11(13)15-14(19)7-5-12(16(15)17)18-9(2)21/h4-8H,3H2,1-2H3,(H,18,21). The van der Waals surface area contributed by atoms with Crippen LogP contribution in [-0.4, -0.2) is 15.4 Å². The highest BCUT2D eigenvalue weighted by molar-refractivity contribution is 9.10. The van der Waals surface area contributed by atoms with Crippen molar-refractivity contribution in [3.05, 3.63) is 44.9 Å². The number of rotatable bonds is 3. The minimum atomic E-state index is -0.403. The molecule has 0 atom stereocenters. The Hall–Kier alpha value is -2.41. The normalized spacial score (nSPS) is 11.1. The first-order chi connectivity index (χ1) is 10.9. The Morgan fingerprint density at radius 3 is 2.61 bits per heavy atom. The van der Waals surface area contributed by atoms with Crippen LogP contribution in [0, 0.1) is 10.1 Å². The first-order valence-electron chi connectivity index (χ1n) is 7.10. The van der Waals surface area contributed by atoms with Crippen molar-refractivity contribution in [3.8, 4) is 0 Å². The molecule has 0 saturated heterocycles. The molecule has 0 bridgehead atoms. The van der Waals surface area contributed by atoms with Crippen molar-refractivity contribution in [1.82, 2.24) is 4.57 Å². The predicted molar refractivity (Wildman–Crippen MR) is 93.8 cm³/mol. The molecule has 3 aromatic rings. The van der Waals surface area contributed by atoms with Crippen LogP contribution in [0.1, 0.15) is 13.8 Å². The second-order valence-electron chi connectivity index (χ2n) is 5.21. The lowest BCUT2D eigenvalue weighted by atomic mass is 10.1. The fourth-order valence-corrected chi connectivity index (χ4v) is 3.52. The van der Waals surface area contributed by atoms with E-state index >= 15 is 0 Å². The zero-order valence-corrected chi connectivity index (χ0v) is 14.2. The molecule has 7 heteroatoms. The third-order valence-electron chi connectivity index (χ3n) is 3.79. The molecule has 1 heterocycles. The van der Waals surface area contributed by atoms with Gasteiger partial charge in [-0.15, -0.1) is 0 Å². The average molecular weight is 376 g/mol. The minimum absolute atomic E-state index is 0.0458. The molecule has 0 aliphatic rings. The van der Waals surface area contributed by atoms with Crippen LogP contribution in [0.3, 0.4) is 0 Å².